The molecule has 2 rings (SSSR count). The molecule has 0 heterocycles. The number of carbonyl (C=O) groups is 1. The maximum Gasteiger partial charge on any atom is 0.330 e. The van der Waals surface area contributed by atoms with Crippen molar-refractivity contribution in [1.29, 1.82) is 0 Å². The smallest absolute Gasteiger partial charge is 0.330 e. The molecule has 0 aromatic heterocycles. The molecular weight excluding hydrogens is 250 g/mol. The maximum absolute atomic E-state index is 12.5. The van der Waals surface area contributed by atoms with Crippen molar-refractivity contribution in [3.8, 4) is 0 Å². The molecule has 3 nitrogen and oxygen atoms in total. The number of carbonyl (C=O) groups excluding carboxylic acids is 1. The van der Waals surface area contributed by atoms with Gasteiger partial charge in [0.2, 0.25) is 0 Å². The van der Waals surface area contributed by atoms with Crippen LogP contribution in [0.15, 0.2) is 24.3 Å². The summed E-state index contributed by atoms with van der Waals surface area (Å²) < 4.78 is 5.33. The van der Waals surface area contributed by atoms with Crippen LogP contribution in [0.2, 0.25) is 0 Å². The van der Waals surface area contributed by atoms with Crippen LogP contribution in [-0.2, 0) is 15.1 Å². The minimum absolute atomic E-state index is 0.160. The lowest BCUT2D eigenvalue weighted by Gasteiger charge is -2.32. The molecular formula is C17H25NO2. The summed E-state index contributed by atoms with van der Waals surface area (Å²) in [6.07, 6.45) is 3.23. The molecule has 1 aliphatic rings. The third-order valence-electron chi connectivity index (χ3n) is 4.09. The molecule has 1 N–H and O–H groups in total. The fourth-order valence-corrected chi connectivity index (χ4v) is 2.50. The first-order valence-corrected chi connectivity index (χ1v) is 7.61. The van der Waals surface area contributed by atoms with Crippen molar-refractivity contribution < 1.29 is 9.53 Å². The van der Waals surface area contributed by atoms with Crippen LogP contribution in [0.4, 0.5) is 0 Å². The highest BCUT2D eigenvalue weighted by atomic mass is 16.5. The Kier molecular flexibility index (Phi) is 4.81. The summed E-state index contributed by atoms with van der Waals surface area (Å²) in [6, 6.07) is 8.18. The molecule has 1 aliphatic carbocycles. The third kappa shape index (κ3) is 3.21. The van der Waals surface area contributed by atoms with E-state index < -0.39 is 5.54 Å². The SMILES string of the molecule is CCOC(=O)C(CC)(NCC1CC1)c1ccc(C)cc1. The molecule has 0 bridgehead atoms. The van der Waals surface area contributed by atoms with Crippen LogP contribution in [0.1, 0.15) is 44.2 Å². The van der Waals surface area contributed by atoms with Gasteiger partial charge in [0.1, 0.15) is 5.54 Å². The number of hydrogen-bond acceptors (Lipinski definition) is 3. The Morgan fingerprint density at radius 2 is 1.95 bits per heavy atom. The largest absolute Gasteiger partial charge is 0.464 e. The Morgan fingerprint density at radius 3 is 2.45 bits per heavy atom. The van der Waals surface area contributed by atoms with Crippen molar-refractivity contribution in [1.82, 2.24) is 5.32 Å². The second kappa shape index (κ2) is 6.40. The number of nitrogens with one attached hydrogen (secondary N) is 1. The average molecular weight is 275 g/mol. The lowest BCUT2D eigenvalue weighted by molar-refractivity contribution is -0.152. The van der Waals surface area contributed by atoms with Gasteiger partial charge in [-0.25, -0.2) is 4.79 Å². The Hall–Kier alpha value is -1.35. The number of ether oxygens (including phenoxy) is 1. The molecule has 1 fully saturated rings. The van der Waals surface area contributed by atoms with Crippen LogP contribution in [0, 0.1) is 12.8 Å². The molecule has 1 unspecified atom stereocenters. The van der Waals surface area contributed by atoms with E-state index >= 15 is 0 Å². The molecule has 20 heavy (non-hydrogen) atoms. The predicted octanol–water partition coefficient (Wildman–Crippen LogP) is 3.16. The van der Waals surface area contributed by atoms with E-state index in [4.69, 9.17) is 4.74 Å². The quantitative estimate of drug-likeness (QED) is 0.777. The van der Waals surface area contributed by atoms with E-state index in [1.165, 1.54) is 18.4 Å². The second-order valence-electron chi connectivity index (χ2n) is 5.67. The van der Waals surface area contributed by atoms with Gasteiger partial charge in [0.25, 0.3) is 0 Å². The number of hydrogen-bond donors (Lipinski definition) is 1. The third-order valence-corrected chi connectivity index (χ3v) is 4.09. The summed E-state index contributed by atoms with van der Waals surface area (Å²) in [6.45, 7) is 7.25. The normalized spacial score (nSPS) is 17.6. The topological polar surface area (TPSA) is 38.3 Å². The zero-order valence-electron chi connectivity index (χ0n) is 12.7. The van der Waals surface area contributed by atoms with E-state index in [0.717, 1.165) is 18.0 Å². The van der Waals surface area contributed by atoms with Crippen LogP contribution < -0.4 is 5.32 Å². The number of benzene rings is 1. The van der Waals surface area contributed by atoms with Gasteiger partial charge < -0.3 is 4.74 Å². The molecule has 1 atom stereocenters. The van der Waals surface area contributed by atoms with Gasteiger partial charge in [-0.05, 0) is 51.1 Å². The van der Waals surface area contributed by atoms with Crippen molar-refractivity contribution in [2.75, 3.05) is 13.2 Å². The van der Waals surface area contributed by atoms with Crippen molar-refractivity contribution in [2.24, 2.45) is 5.92 Å². The summed E-state index contributed by atoms with van der Waals surface area (Å²) in [5.41, 5.74) is 1.50. The van der Waals surface area contributed by atoms with Crippen LogP contribution in [0.5, 0.6) is 0 Å². The molecule has 0 saturated heterocycles. The molecule has 1 aromatic rings. The van der Waals surface area contributed by atoms with Crippen LogP contribution in [0.3, 0.4) is 0 Å². The molecule has 0 spiro atoms. The number of aryl methyl sites for hydroxylation is 1. The summed E-state index contributed by atoms with van der Waals surface area (Å²) in [4.78, 5) is 12.5. The summed E-state index contributed by atoms with van der Waals surface area (Å²) in [5.74, 6) is 0.563. The molecule has 110 valence electrons. The Morgan fingerprint density at radius 1 is 1.30 bits per heavy atom. The Bertz CT molecular complexity index is 451. The average Bonchev–Trinajstić information content (AvgIpc) is 3.26. The second-order valence-corrected chi connectivity index (χ2v) is 5.67. The van der Waals surface area contributed by atoms with Gasteiger partial charge >= 0.3 is 5.97 Å². The molecule has 1 aromatic carbocycles. The minimum atomic E-state index is -0.702. The van der Waals surface area contributed by atoms with Crippen LogP contribution in [-0.4, -0.2) is 19.1 Å². The lowest BCUT2D eigenvalue weighted by atomic mass is 9.86. The summed E-state index contributed by atoms with van der Waals surface area (Å²) >= 11 is 0. The van der Waals surface area contributed by atoms with E-state index in [1.807, 2.05) is 26.0 Å². The lowest BCUT2D eigenvalue weighted by Crippen LogP contribution is -2.50. The van der Waals surface area contributed by atoms with E-state index in [-0.39, 0.29) is 5.97 Å². The van der Waals surface area contributed by atoms with Crippen LogP contribution in [0.25, 0.3) is 0 Å². The zero-order valence-corrected chi connectivity index (χ0v) is 12.7. The fourth-order valence-electron chi connectivity index (χ4n) is 2.50. The molecule has 1 saturated carbocycles. The van der Waals surface area contributed by atoms with Crippen LogP contribution >= 0.6 is 0 Å². The van der Waals surface area contributed by atoms with Gasteiger partial charge in [0, 0.05) is 0 Å². The molecule has 0 aliphatic heterocycles. The fraction of sp³-hybridized carbons (Fsp3) is 0.588. The highest BCUT2D eigenvalue weighted by Crippen LogP contribution is 2.32. The minimum Gasteiger partial charge on any atom is -0.464 e. The monoisotopic (exact) mass is 275 g/mol. The van der Waals surface area contributed by atoms with Crippen molar-refractivity contribution >= 4 is 5.97 Å². The van der Waals surface area contributed by atoms with Gasteiger partial charge in [-0.3, -0.25) is 5.32 Å². The Balaban J connectivity index is 2.28. The van der Waals surface area contributed by atoms with E-state index in [2.05, 4.69) is 24.4 Å². The van der Waals surface area contributed by atoms with Gasteiger partial charge in [-0.2, -0.15) is 0 Å². The first-order valence-electron chi connectivity index (χ1n) is 7.61. The zero-order chi connectivity index (χ0) is 14.6. The molecule has 0 amide bonds. The van der Waals surface area contributed by atoms with E-state index in [1.54, 1.807) is 0 Å². The summed E-state index contributed by atoms with van der Waals surface area (Å²) in [7, 11) is 0. The van der Waals surface area contributed by atoms with Gasteiger partial charge in [-0.1, -0.05) is 36.8 Å². The molecule has 0 radical (unpaired) electrons. The number of rotatable bonds is 7. The highest BCUT2D eigenvalue weighted by Gasteiger charge is 2.40. The van der Waals surface area contributed by atoms with Gasteiger partial charge in [0.15, 0.2) is 0 Å². The Labute approximate surface area is 121 Å². The van der Waals surface area contributed by atoms with Crippen molar-refractivity contribution in [3.05, 3.63) is 35.4 Å². The van der Waals surface area contributed by atoms with Gasteiger partial charge in [-0.15, -0.1) is 0 Å². The number of esters is 1. The van der Waals surface area contributed by atoms with E-state index in [0.29, 0.717) is 13.0 Å². The first kappa shape index (κ1) is 15.0. The molecule has 3 heteroatoms. The van der Waals surface area contributed by atoms with E-state index in [9.17, 15) is 4.79 Å². The standard InChI is InChI=1S/C17H25NO2/c1-4-17(16(19)20-5-2,18-12-14-8-9-14)15-10-6-13(3)7-11-15/h6-7,10-11,14,18H,4-5,8-9,12H2,1-3H3. The van der Waals surface area contributed by atoms with Crippen molar-refractivity contribution in [2.45, 2.75) is 45.6 Å². The van der Waals surface area contributed by atoms with Crippen molar-refractivity contribution in [3.63, 3.8) is 0 Å². The predicted molar refractivity (Wildman–Crippen MR) is 80.5 cm³/mol. The highest BCUT2D eigenvalue weighted by molar-refractivity contribution is 5.82. The van der Waals surface area contributed by atoms with Gasteiger partial charge in [0.05, 0.1) is 6.61 Å². The first-order chi connectivity index (χ1) is 9.62. The maximum atomic E-state index is 12.5. The summed E-state index contributed by atoms with van der Waals surface area (Å²) in [5, 5.41) is 3.49.